The molecule has 1 nitrogen and oxygen atoms in total. The number of nitrogens with two attached hydrogens (primary N) is 1. The van der Waals surface area contributed by atoms with E-state index >= 15 is 0 Å². The fraction of sp³-hybridized carbons (Fsp3) is 0.600. The van der Waals surface area contributed by atoms with Crippen molar-refractivity contribution in [1.82, 2.24) is 0 Å². The lowest BCUT2D eigenvalue weighted by Crippen LogP contribution is -2.25. The number of rotatable bonds is 4. The summed E-state index contributed by atoms with van der Waals surface area (Å²) in [6.07, 6.45) is 2.85. The number of benzene rings is 1. The highest BCUT2D eigenvalue weighted by Gasteiger charge is 2.14. The molecule has 0 aliphatic carbocycles. The van der Waals surface area contributed by atoms with Gasteiger partial charge in [-0.15, -0.1) is 0 Å². The summed E-state index contributed by atoms with van der Waals surface area (Å²) in [6, 6.07) is 5.04. The van der Waals surface area contributed by atoms with Crippen LogP contribution >= 0.6 is 0 Å². The van der Waals surface area contributed by atoms with Gasteiger partial charge in [0, 0.05) is 6.04 Å². The third kappa shape index (κ3) is 5.31. The van der Waals surface area contributed by atoms with Crippen LogP contribution in [0, 0.1) is 18.2 Å². The zero-order valence-electron chi connectivity index (χ0n) is 11.4. The average molecular weight is 237 g/mol. The maximum Gasteiger partial charge on any atom is 0.123 e. The lowest BCUT2D eigenvalue weighted by atomic mass is 9.87. The van der Waals surface area contributed by atoms with Gasteiger partial charge in [-0.2, -0.15) is 0 Å². The summed E-state index contributed by atoms with van der Waals surface area (Å²) < 4.78 is 13.1. The molecule has 1 rings (SSSR count). The van der Waals surface area contributed by atoms with E-state index in [4.69, 9.17) is 5.73 Å². The number of aryl methyl sites for hydroxylation is 1. The molecule has 0 saturated carbocycles. The summed E-state index contributed by atoms with van der Waals surface area (Å²) >= 11 is 0. The molecule has 0 amide bonds. The quantitative estimate of drug-likeness (QED) is 0.846. The van der Waals surface area contributed by atoms with Crippen LogP contribution in [0.25, 0.3) is 0 Å². The minimum Gasteiger partial charge on any atom is -0.327 e. The number of hydrogen-bond donors (Lipinski definition) is 1. The largest absolute Gasteiger partial charge is 0.327 e. The average Bonchev–Trinajstić information content (AvgIpc) is 2.20. The normalized spacial score (nSPS) is 13.8. The summed E-state index contributed by atoms with van der Waals surface area (Å²) in [5.74, 6) is -0.173. The highest BCUT2D eigenvalue weighted by atomic mass is 19.1. The van der Waals surface area contributed by atoms with Gasteiger partial charge < -0.3 is 5.73 Å². The second-order valence-corrected chi connectivity index (χ2v) is 6.13. The maximum absolute atomic E-state index is 13.1. The van der Waals surface area contributed by atoms with Crippen LogP contribution in [0.1, 0.15) is 44.7 Å². The van der Waals surface area contributed by atoms with Crippen molar-refractivity contribution in [2.24, 2.45) is 11.1 Å². The van der Waals surface area contributed by atoms with E-state index in [0.717, 1.165) is 30.4 Å². The Morgan fingerprint density at radius 1 is 1.29 bits per heavy atom. The Kier molecular flexibility index (Phi) is 4.70. The molecule has 96 valence electrons. The molecule has 0 aromatic heterocycles. The molecule has 1 aromatic rings. The van der Waals surface area contributed by atoms with Crippen LogP contribution in [-0.4, -0.2) is 6.04 Å². The van der Waals surface area contributed by atoms with E-state index in [1.165, 1.54) is 6.07 Å². The van der Waals surface area contributed by atoms with Gasteiger partial charge in [0.1, 0.15) is 5.82 Å². The van der Waals surface area contributed by atoms with Crippen LogP contribution in [-0.2, 0) is 6.42 Å². The molecule has 1 aromatic carbocycles. The topological polar surface area (TPSA) is 26.0 Å². The minimum atomic E-state index is -0.173. The third-order valence-corrected chi connectivity index (χ3v) is 3.06. The zero-order valence-corrected chi connectivity index (χ0v) is 11.4. The van der Waals surface area contributed by atoms with Crippen molar-refractivity contribution >= 4 is 0 Å². The van der Waals surface area contributed by atoms with Crippen molar-refractivity contribution < 1.29 is 4.39 Å². The van der Waals surface area contributed by atoms with Gasteiger partial charge in [-0.1, -0.05) is 26.8 Å². The smallest absolute Gasteiger partial charge is 0.123 e. The monoisotopic (exact) mass is 237 g/mol. The van der Waals surface area contributed by atoms with Gasteiger partial charge in [0.05, 0.1) is 0 Å². The summed E-state index contributed by atoms with van der Waals surface area (Å²) in [5.41, 5.74) is 8.58. The summed E-state index contributed by atoms with van der Waals surface area (Å²) in [7, 11) is 0. The molecule has 0 heterocycles. The molecule has 0 bridgehead atoms. The van der Waals surface area contributed by atoms with Gasteiger partial charge in [-0.25, -0.2) is 4.39 Å². The first-order chi connectivity index (χ1) is 7.78. The van der Waals surface area contributed by atoms with Crippen LogP contribution in [0.2, 0.25) is 0 Å². The van der Waals surface area contributed by atoms with Crippen LogP contribution in [0.3, 0.4) is 0 Å². The fourth-order valence-corrected chi connectivity index (χ4v) is 1.86. The molecule has 0 saturated heterocycles. The minimum absolute atomic E-state index is 0.120. The molecule has 0 aliphatic heterocycles. The molecule has 2 N–H and O–H groups in total. The predicted molar refractivity (Wildman–Crippen MR) is 71.5 cm³/mol. The second-order valence-electron chi connectivity index (χ2n) is 6.13. The Labute approximate surface area is 104 Å². The van der Waals surface area contributed by atoms with Crippen LogP contribution < -0.4 is 5.73 Å². The summed E-state index contributed by atoms with van der Waals surface area (Å²) in [6.45, 7) is 8.65. The fourth-order valence-electron chi connectivity index (χ4n) is 1.86. The van der Waals surface area contributed by atoms with E-state index in [2.05, 4.69) is 20.8 Å². The van der Waals surface area contributed by atoms with Gasteiger partial charge in [0.15, 0.2) is 0 Å². The maximum atomic E-state index is 13.1. The predicted octanol–water partition coefficient (Wildman–Crippen LogP) is 3.83. The molecule has 2 heteroatoms. The van der Waals surface area contributed by atoms with Crippen LogP contribution in [0.5, 0.6) is 0 Å². The zero-order chi connectivity index (χ0) is 13.1. The van der Waals surface area contributed by atoms with E-state index in [1.54, 1.807) is 6.07 Å². The molecule has 0 fully saturated rings. The first-order valence-corrected chi connectivity index (χ1v) is 6.28. The van der Waals surface area contributed by atoms with Crippen molar-refractivity contribution in [3.8, 4) is 0 Å². The highest BCUT2D eigenvalue weighted by molar-refractivity contribution is 5.27. The van der Waals surface area contributed by atoms with Crippen molar-refractivity contribution in [1.29, 1.82) is 0 Å². The summed E-state index contributed by atoms with van der Waals surface area (Å²) in [4.78, 5) is 0. The van der Waals surface area contributed by atoms with Crippen molar-refractivity contribution in [2.75, 3.05) is 0 Å². The Hall–Kier alpha value is -0.890. The van der Waals surface area contributed by atoms with Gasteiger partial charge in [-0.3, -0.25) is 0 Å². The molecule has 0 radical (unpaired) electrons. The Morgan fingerprint density at radius 3 is 2.53 bits per heavy atom. The van der Waals surface area contributed by atoms with Gasteiger partial charge >= 0.3 is 0 Å². The van der Waals surface area contributed by atoms with Crippen LogP contribution in [0.15, 0.2) is 18.2 Å². The lowest BCUT2D eigenvalue weighted by molar-refractivity contribution is 0.347. The summed E-state index contributed by atoms with van der Waals surface area (Å²) in [5, 5.41) is 0. The molecule has 17 heavy (non-hydrogen) atoms. The van der Waals surface area contributed by atoms with Crippen molar-refractivity contribution in [2.45, 2.75) is 53.0 Å². The van der Waals surface area contributed by atoms with Crippen molar-refractivity contribution in [3.63, 3.8) is 0 Å². The van der Waals surface area contributed by atoms with E-state index in [9.17, 15) is 4.39 Å². The van der Waals surface area contributed by atoms with E-state index in [1.807, 2.05) is 13.0 Å². The Morgan fingerprint density at radius 2 is 1.94 bits per heavy atom. The molecule has 0 spiro atoms. The van der Waals surface area contributed by atoms with Crippen LogP contribution in [0.4, 0.5) is 4.39 Å². The molecule has 1 atom stereocenters. The highest BCUT2D eigenvalue weighted by Crippen LogP contribution is 2.22. The van der Waals surface area contributed by atoms with E-state index in [0.29, 0.717) is 5.41 Å². The standard InChI is InChI=1S/C15H24FN/c1-11-5-6-13(16)9-12(11)10-14(17)7-8-15(2,3)4/h5-6,9,14H,7-8,10,17H2,1-4H3. The molecular formula is C15H24FN. The Bertz CT molecular complexity index is 366. The van der Waals surface area contributed by atoms with Gasteiger partial charge in [0.2, 0.25) is 0 Å². The first-order valence-electron chi connectivity index (χ1n) is 6.28. The number of hydrogen-bond acceptors (Lipinski definition) is 1. The molecule has 1 unspecified atom stereocenters. The second kappa shape index (κ2) is 5.63. The Balaban J connectivity index is 2.56. The third-order valence-electron chi connectivity index (χ3n) is 3.06. The SMILES string of the molecule is Cc1ccc(F)cc1CC(N)CCC(C)(C)C. The molecule has 0 aliphatic rings. The first kappa shape index (κ1) is 14.2. The molecular weight excluding hydrogens is 213 g/mol. The lowest BCUT2D eigenvalue weighted by Gasteiger charge is -2.21. The van der Waals surface area contributed by atoms with Crippen molar-refractivity contribution in [3.05, 3.63) is 35.1 Å². The van der Waals surface area contributed by atoms with E-state index < -0.39 is 0 Å². The number of halogens is 1. The van der Waals surface area contributed by atoms with Gasteiger partial charge in [0.25, 0.3) is 0 Å². The van der Waals surface area contributed by atoms with Gasteiger partial charge in [-0.05, 0) is 54.9 Å². The van der Waals surface area contributed by atoms with E-state index in [-0.39, 0.29) is 11.9 Å².